The average Bonchev–Trinajstić information content (AvgIpc) is 3.18. The second-order valence-corrected chi connectivity index (χ2v) is 7.39. The van der Waals surface area contributed by atoms with E-state index in [9.17, 15) is 4.55 Å². The van der Waals surface area contributed by atoms with Crippen molar-refractivity contribution in [3.05, 3.63) is 72.8 Å². The molecule has 1 heterocycles. The number of nitrogens with zero attached hydrogens (tertiary/aromatic N) is 2. The molecule has 1 unspecified atom stereocenters. The summed E-state index contributed by atoms with van der Waals surface area (Å²) in [6.45, 7) is 3.94. The molecule has 0 amide bonds. The summed E-state index contributed by atoms with van der Waals surface area (Å²) in [5.74, 6) is 0. The molecule has 130 valence electrons. The van der Waals surface area contributed by atoms with Gasteiger partial charge in [-0.25, -0.2) is 4.98 Å². The Morgan fingerprint density at radius 3 is 2.40 bits per heavy atom. The Morgan fingerprint density at radius 1 is 1.04 bits per heavy atom. The van der Waals surface area contributed by atoms with Crippen LogP contribution in [0.5, 0.6) is 0 Å². The van der Waals surface area contributed by atoms with Crippen molar-refractivity contribution in [2.45, 2.75) is 36.1 Å². The quantitative estimate of drug-likeness (QED) is 0.611. The molecule has 0 aliphatic rings. The maximum absolute atomic E-state index is 12.6. The maximum atomic E-state index is 12.6. The van der Waals surface area contributed by atoms with Gasteiger partial charge in [-0.3, -0.25) is 0 Å². The monoisotopic (exact) mass is 353 g/mol. The standard InChI is InChI=1S/C20H23N3OS/c1-2-3-13-23(15-17-14-21-16-22-17)18-9-11-20(12-10-18)25(24)19-7-5-4-6-8-19/h4-12,14,16H,2-3,13,15H2,1H3,(H,21,22). The number of H-pyrrole nitrogens is 1. The van der Waals surface area contributed by atoms with Crippen LogP contribution in [0, 0.1) is 0 Å². The Morgan fingerprint density at radius 2 is 1.76 bits per heavy atom. The molecule has 0 saturated carbocycles. The number of rotatable bonds is 8. The van der Waals surface area contributed by atoms with E-state index in [1.54, 1.807) is 6.33 Å². The predicted molar refractivity (Wildman–Crippen MR) is 102 cm³/mol. The molecule has 0 aliphatic carbocycles. The Bertz CT molecular complexity index is 744. The van der Waals surface area contributed by atoms with Crippen molar-refractivity contribution in [3.63, 3.8) is 0 Å². The van der Waals surface area contributed by atoms with Crippen molar-refractivity contribution in [1.82, 2.24) is 9.97 Å². The van der Waals surface area contributed by atoms with Crippen LogP contribution in [0.2, 0.25) is 0 Å². The lowest BCUT2D eigenvalue weighted by atomic mass is 10.2. The number of imidazole rings is 1. The number of benzene rings is 2. The number of anilines is 1. The number of hydrogen-bond acceptors (Lipinski definition) is 3. The van der Waals surface area contributed by atoms with Crippen LogP contribution in [-0.4, -0.2) is 21.1 Å². The first-order valence-electron chi connectivity index (χ1n) is 8.57. The van der Waals surface area contributed by atoms with Crippen molar-refractivity contribution in [3.8, 4) is 0 Å². The average molecular weight is 353 g/mol. The van der Waals surface area contributed by atoms with E-state index in [2.05, 4.69) is 33.9 Å². The number of nitrogens with one attached hydrogen (secondary N) is 1. The minimum Gasteiger partial charge on any atom is -0.606 e. The van der Waals surface area contributed by atoms with Crippen LogP contribution in [0.4, 0.5) is 5.69 Å². The lowest BCUT2D eigenvalue weighted by Crippen LogP contribution is -2.24. The summed E-state index contributed by atoms with van der Waals surface area (Å²) >= 11 is -1.14. The molecule has 0 spiro atoms. The molecule has 0 fully saturated rings. The summed E-state index contributed by atoms with van der Waals surface area (Å²) in [6, 6.07) is 17.6. The van der Waals surface area contributed by atoms with E-state index in [4.69, 9.17) is 0 Å². The summed E-state index contributed by atoms with van der Waals surface area (Å²) < 4.78 is 12.6. The molecular formula is C20H23N3OS. The lowest BCUT2D eigenvalue weighted by molar-refractivity contribution is 0.595. The third-order valence-corrected chi connectivity index (χ3v) is 5.46. The maximum Gasteiger partial charge on any atom is 0.158 e. The molecule has 0 saturated heterocycles. The fraction of sp³-hybridized carbons (Fsp3) is 0.250. The van der Waals surface area contributed by atoms with Crippen LogP contribution < -0.4 is 4.90 Å². The van der Waals surface area contributed by atoms with E-state index in [0.29, 0.717) is 0 Å². The normalized spacial score (nSPS) is 12.1. The third kappa shape index (κ3) is 4.65. The minimum absolute atomic E-state index is 0.768. The highest BCUT2D eigenvalue weighted by Gasteiger charge is 2.15. The second kappa shape index (κ2) is 8.74. The molecule has 4 nitrogen and oxygen atoms in total. The molecule has 3 rings (SSSR count). The zero-order valence-electron chi connectivity index (χ0n) is 14.4. The van der Waals surface area contributed by atoms with Gasteiger partial charge in [0.05, 0.1) is 18.6 Å². The van der Waals surface area contributed by atoms with Gasteiger partial charge in [0.2, 0.25) is 0 Å². The Kier molecular flexibility index (Phi) is 6.14. The van der Waals surface area contributed by atoms with Gasteiger partial charge in [0.15, 0.2) is 9.79 Å². The van der Waals surface area contributed by atoms with E-state index in [1.807, 2.05) is 48.7 Å². The Labute approximate surface area is 152 Å². The molecule has 0 radical (unpaired) electrons. The first-order chi connectivity index (χ1) is 12.3. The third-order valence-electron chi connectivity index (χ3n) is 4.06. The summed E-state index contributed by atoms with van der Waals surface area (Å²) in [7, 11) is 0. The highest BCUT2D eigenvalue weighted by molar-refractivity contribution is 7.91. The molecule has 1 N–H and O–H groups in total. The number of hydrogen-bond donors (Lipinski definition) is 1. The summed E-state index contributed by atoms with van der Waals surface area (Å²) in [4.78, 5) is 11.3. The van der Waals surface area contributed by atoms with E-state index in [-0.39, 0.29) is 0 Å². The van der Waals surface area contributed by atoms with Gasteiger partial charge >= 0.3 is 0 Å². The van der Waals surface area contributed by atoms with Gasteiger partial charge < -0.3 is 14.4 Å². The van der Waals surface area contributed by atoms with Crippen LogP contribution in [0.15, 0.2) is 76.9 Å². The van der Waals surface area contributed by atoms with Crippen LogP contribution in [0.25, 0.3) is 0 Å². The van der Waals surface area contributed by atoms with Crippen molar-refractivity contribution < 1.29 is 4.55 Å². The molecule has 1 atom stereocenters. The topological polar surface area (TPSA) is 55.0 Å². The fourth-order valence-corrected chi connectivity index (χ4v) is 3.74. The minimum atomic E-state index is -1.14. The van der Waals surface area contributed by atoms with Crippen molar-refractivity contribution >= 4 is 16.9 Å². The van der Waals surface area contributed by atoms with Crippen molar-refractivity contribution in [2.75, 3.05) is 11.4 Å². The summed E-state index contributed by atoms with van der Waals surface area (Å²) in [5.41, 5.74) is 2.15. The first kappa shape index (κ1) is 17.6. The Balaban J connectivity index is 1.76. The molecule has 25 heavy (non-hydrogen) atoms. The highest BCUT2D eigenvalue weighted by Crippen LogP contribution is 2.24. The van der Waals surface area contributed by atoms with E-state index < -0.39 is 11.2 Å². The van der Waals surface area contributed by atoms with Gasteiger partial charge in [0, 0.05) is 29.6 Å². The van der Waals surface area contributed by atoms with Crippen molar-refractivity contribution in [1.29, 1.82) is 0 Å². The summed E-state index contributed by atoms with van der Waals surface area (Å²) in [6.07, 6.45) is 5.91. The molecule has 3 aromatic rings. The van der Waals surface area contributed by atoms with Crippen LogP contribution in [0.1, 0.15) is 25.5 Å². The molecule has 1 aromatic heterocycles. The lowest BCUT2D eigenvalue weighted by Gasteiger charge is -2.24. The summed E-state index contributed by atoms with van der Waals surface area (Å²) in [5, 5.41) is 0. The zero-order valence-corrected chi connectivity index (χ0v) is 15.2. The predicted octanol–water partition coefficient (Wildman–Crippen LogP) is 4.38. The Hall–Kier alpha value is -2.24. The SMILES string of the molecule is CCCCN(Cc1c[nH]cn1)c1ccc([S+]([O-])c2ccccc2)cc1. The largest absolute Gasteiger partial charge is 0.606 e. The van der Waals surface area contributed by atoms with E-state index >= 15 is 0 Å². The van der Waals surface area contributed by atoms with Crippen LogP contribution in [0.3, 0.4) is 0 Å². The first-order valence-corrected chi connectivity index (χ1v) is 9.72. The van der Waals surface area contributed by atoms with Gasteiger partial charge in [0.25, 0.3) is 0 Å². The number of aromatic amines is 1. The van der Waals surface area contributed by atoms with E-state index in [0.717, 1.165) is 47.1 Å². The molecular weight excluding hydrogens is 330 g/mol. The molecule has 2 aromatic carbocycles. The fourth-order valence-electron chi connectivity index (χ4n) is 2.68. The van der Waals surface area contributed by atoms with E-state index in [1.165, 1.54) is 0 Å². The van der Waals surface area contributed by atoms with Gasteiger partial charge in [-0.05, 0) is 42.8 Å². The smallest absolute Gasteiger partial charge is 0.158 e. The van der Waals surface area contributed by atoms with Crippen LogP contribution >= 0.6 is 0 Å². The molecule has 0 bridgehead atoms. The molecule has 5 heteroatoms. The van der Waals surface area contributed by atoms with Gasteiger partial charge in [-0.1, -0.05) is 31.5 Å². The van der Waals surface area contributed by atoms with Gasteiger partial charge in [-0.15, -0.1) is 0 Å². The zero-order chi connectivity index (χ0) is 17.5. The molecule has 0 aliphatic heterocycles. The number of unbranched alkanes of at least 4 members (excludes halogenated alkanes) is 1. The van der Waals surface area contributed by atoms with Gasteiger partial charge in [-0.2, -0.15) is 0 Å². The second-order valence-electron chi connectivity index (χ2n) is 5.91. The number of aromatic nitrogens is 2. The van der Waals surface area contributed by atoms with Crippen LogP contribution in [-0.2, 0) is 17.7 Å². The van der Waals surface area contributed by atoms with Crippen molar-refractivity contribution in [2.24, 2.45) is 0 Å². The van der Waals surface area contributed by atoms with Gasteiger partial charge in [0.1, 0.15) is 0 Å². The highest BCUT2D eigenvalue weighted by atomic mass is 32.2.